The molecular formula is C17H27N3O. The van der Waals surface area contributed by atoms with Crippen molar-refractivity contribution < 1.29 is 4.79 Å². The molecule has 0 aliphatic carbocycles. The van der Waals surface area contributed by atoms with Crippen molar-refractivity contribution in [3.8, 4) is 0 Å². The number of para-hydroxylation sites is 1. The third-order valence-electron chi connectivity index (χ3n) is 3.33. The largest absolute Gasteiger partial charge is 0.324 e. The Bertz CT molecular complexity index is 443. The summed E-state index contributed by atoms with van der Waals surface area (Å²) in [5, 5.41) is 13.2. The zero-order chi connectivity index (χ0) is 15.7. The lowest BCUT2D eigenvalue weighted by Crippen LogP contribution is -2.34. The molecule has 21 heavy (non-hydrogen) atoms. The first-order chi connectivity index (χ1) is 9.97. The SMILES string of the molecule is CC(C)CCCC(C)CC(=N)NC(=O)Nc1ccccc1. The van der Waals surface area contributed by atoms with E-state index in [4.69, 9.17) is 5.41 Å². The van der Waals surface area contributed by atoms with E-state index in [0.29, 0.717) is 12.3 Å². The van der Waals surface area contributed by atoms with Gasteiger partial charge in [-0.3, -0.25) is 10.7 Å². The Morgan fingerprint density at radius 3 is 2.43 bits per heavy atom. The zero-order valence-corrected chi connectivity index (χ0v) is 13.3. The fourth-order valence-corrected chi connectivity index (χ4v) is 2.20. The van der Waals surface area contributed by atoms with E-state index in [-0.39, 0.29) is 11.9 Å². The number of anilines is 1. The summed E-state index contributed by atoms with van der Waals surface area (Å²) in [5.41, 5.74) is 0.729. The maximum Gasteiger partial charge on any atom is 0.324 e. The number of hydrogen-bond acceptors (Lipinski definition) is 2. The van der Waals surface area contributed by atoms with E-state index in [0.717, 1.165) is 18.0 Å². The van der Waals surface area contributed by atoms with Gasteiger partial charge < -0.3 is 5.32 Å². The van der Waals surface area contributed by atoms with Crippen LogP contribution in [0.5, 0.6) is 0 Å². The van der Waals surface area contributed by atoms with Crippen molar-refractivity contribution in [3.63, 3.8) is 0 Å². The molecule has 0 saturated carbocycles. The van der Waals surface area contributed by atoms with Crippen molar-refractivity contribution in [2.24, 2.45) is 11.8 Å². The van der Waals surface area contributed by atoms with Crippen LogP contribution < -0.4 is 10.6 Å². The van der Waals surface area contributed by atoms with Gasteiger partial charge in [-0.2, -0.15) is 0 Å². The van der Waals surface area contributed by atoms with Crippen LogP contribution >= 0.6 is 0 Å². The molecule has 0 heterocycles. The van der Waals surface area contributed by atoms with Crippen molar-refractivity contribution in [1.29, 1.82) is 5.41 Å². The second-order valence-electron chi connectivity index (χ2n) is 6.06. The van der Waals surface area contributed by atoms with Crippen LogP contribution in [0, 0.1) is 17.2 Å². The highest BCUT2D eigenvalue weighted by atomic mass is 16.2. The summed E-state index contributed by atoms with van der Waals surface area (Å²) in [6.45, 7) is 6.58. The van der Waals surface area contributed by atoms with E-state index in [1.54, 1.807) is 0 Å². The smallest absolute Gasteiger partial charge is 0.308 e. The Morgan fingerprint density at radius 2 is 1.81 bits per heavy atom. The molecule has 0 saturated heterocycles. The molecule has 4 heteroatoms. The fourth-order valence-electron chi connectivity index (χ4n) is 2.20. The van der Waals surface area contributed by atoms with E-state index in [2.05, 4.69) is 31.4 Å². The molecule has 0 spiro atoms. The Labute approximate surface area is 127 Å². The van der Waals surface area contributed by atoms with Crippen LogP contribution in [0.3, 0.4) is 0 Å². The molecule has 1 atom stereocenters. The molecule has 4 nitrogen and oxygen atoms in total. The van der Waals surface area contributed by atoms with E-state index in [1.807, 2.05) is 30.3 Å². The maximum absolute atomic E-state index is 11.7. The minimum atomic E-state index is -0.347. The van der Waals surface area contributed by atoms with Gasteiger partial charge in [-0.25, -0.2) is 4.79 Å². The van der Waals surface area contributed by atoms with Gasteiger partial charge in [-0.15, -0.1) is 0 Å². The highest BCUT2D eigenvalue weighted by Gasteiger charge is 2.09. The Morgan fingerprint density at radius 1 is 1.14 bits per heavy atom. The quantitative estimate of drug-likeness (QED) is 0.497. The summed E-state index contributed by atoms with van der Waals surface area (Å²) in [7, 11) is 0. The van der Waals surface area contributed by atoms with Gasteiger partial charge in [0.05, 0.1) is 0 Å². The molecule has 116 valence electrons. The monoisotopic (exact) mass is 289 g/mol. The van der Waals surface area contributed by atoms with E-state index in [9.17, 15) is 4.79 Å². The fraction of sp³-hybridized carbons (Fsp3) is 0.529. The van der Waals surface area contributed by atoms with Crippen LogP contribution in [0.25, 0.3) is 0 Å². The first kappa shape index (κ1) is 17.2. The number of urea groups is 1. The molecule has 0 aliphatic heterocycles. The molecule has 0 aliphatic rings. The highest BCUT2D eigenvalue weighted by molar-refractivity contribution is 6.02. The number of carbonyl (C=O) groups excluding carboxylic acids is 1. The van der Waals surface area contributed by atoms with Gasteiger partial charge in [-0.1, -0.05) is 58.2 Å². The number of rotatable bonds is 7. The van der Waals surface area contributed by atoms with E-state index < -0.39 is 0 Å². The van der Waals surface area contributed by atoms with Crippen LogP contribution in [0.15, 0.2) is 30.3 Å². The van der Waals surface area contributed by atoms with Crippen LogP contribution in [-0.2, 0) is 0 Å². The second-order valence-corrected chi connectivity index (χ2v) is 6.06. The number of amidine groups is 1. The average molecular weight is 289 g/mol. The number of nitrogens with one attached hydrogen (secondary N) is 3. The predicted molar refractivity (Wildman–Crippen MR) is 88.8 cm³/mol. The van der Waals surface area contributed by atoms with Gasteiger partial charge in [0.15, 0.2) is 0 Å². The minimum Gasteiger partial charge on any atom is -0.308 e. The molecule has 3 N–H and O–H groups in total. The molecular weight excluding hydrogens is 262 g/mol. The third-order valence-corrected chi connectivity index (χ3v) is 3.33. The molecule has 0 bridgehead atoms. The first-order valence-electron chi connectivity index (χ1n) is 7.68. The van der Waals surface area contributed by atoms with Crippen molar-refractivity contribution in [3.05, 3.63) is 30.3 Å². The van der Waals surface area contributed by atoms with Crippen molar-refractivity contribution in [1.82, 2.24) is 5.32 Å². The van der Waals surface area contributed by atoms with Crippen molar-refractivity contribution in [2.45, 2.75) is 46.5 Å². The van der Waals surface area contributed by atoms with Crippen LogP contribution in [0.2, 0.25) is 0 Å². The average Bonchev–Trinajstić information content (AvgIpc) is 2.38. The molecule has 1 rings (SSSR count). The van der Waals surface area contributed by atoms with Crippen molar-refractivity contribution >= 4 is 17.6 Å². The first-order valence-corrected chi connectivity index (χ1v) is 7.68. The molecule has 0 aromatic heterocycles. The summed E-state index contributed by atoms with van der Waals surface area (Å²) in [6, 6.07) is 8.90. The van der Waals surface area contributed by atoms with Gasteiger partial charge in [0.25, 0.3) is 0 Å². The number of benzene rings is 1. The van der Waals surface area contributed by atoms with Crippen LogP contribution in [0.1, 0.15) is 46.5 Å². The lowest BCUT2D eigenvalue weighted by Gasteiger charge is -2.14. The summed E-state index contributed by atoms with van der Waals surface area (Å²) in [6.07, 6.45) is 4.12. The molecule has 1 aromatic rings. The highest BCUT2D eigenvalue weighted by Crippen LogP contribution is 2.15. The Hall–Kier alpha value is -1.84. The standard InChI is InChI=1S/C17H27N3O/c1-13(2)8-7-9-14(3)12-16(18)20-17(21)19-15-10-5-4-6-11-15/h4-6,10-11,13-14H,7-9,12H2,1-3H3,(H3,18,19,20,21). The minimum absolute atomic E-state index is 0.278. The summed E-state index contributed by atoms with van der Waals surface area (Å²) in [4.78, 5) is 11.7. The van der Waals surface area contributed by atoms with E-state index >= 15 is 0 Å². The van der Waals surface area contributed by atoms with Gasteiger partial charge in [0.2, 0.25) is 0 Å². The van der Waals surface area contributed by atoms with Gasteiger partial charge in [0.1, 0.15) is 5.84 Å². The lowest BCUT2D eigenvalue weighted by molar-refractivity contribution is 0.256. The number of amides is 2. The van der Waals surface area contributed by atoms with Gasteiger partial charge >= 0.3 is 6.03 Å². The molecule has 0 radical (unpaired) electrons. The van der Waals surface area contributed by atoms with E-state index in [1.165, 1.54) is 12.8 Å². The molecule has 2 amide bonds. The van der Waals surface area contributed by atoms with Gasteiger partial charge in [0, 0.05) is 12.1 Å². The van der Waals surface area contributed by atoms with Crippen molar-refractivity contribution in [2.75, 3.05) is 5.32 Å². The number of hydrogen-bond donors (Lipinski definition) is 3. The Balaban J connectivity index is 2.24. The lowest BCUT2D eigenvalue weighted by atomic mass is 9.97. The Kier molecular flexibility index (Phi) is 7.51. The molecule has 0 fully saturated rings. The predicted octanol–water partition coefficient (Wildman–Crippen LogP) is 4.64. The summed E-state index contributed by atoms with van der Waals surface area (Å²) in [5.74, 6) is 1.43. The molecule has 1 aromatic carbocycles. The zero-order valence-electron chi connectivity index (χ0n) is 13.3. The van der Waals surface area contributed by atoms with Crippen LogP contribution in [0.4, 0.5) is 10.5 Å². The molecule has 1 unspecified atom stereocenters. The number of carbonyl (C=O) groups is 1. The topological polar surface area (TPSA) is 65.0 Å². The van der Waals surface area contributed by atoms with Crippen LogP contribution in [-0.4, -0.2) is 11.9 Å². The maximum atomic E-state index is 11.7. The summed E-state index contributed by atoms with van der Waals surface area (Å²) >= 11 is 0. The normalized spacial score (nSPS) is 12.0. The van der Waals surface area contributed by atoms with Gasteiger partial charge in [-0.05, 0) is 24.0 Å². The summed E-state index contributed by atoms with van der Waals surface area (Å²) < 4.78 is 0. The third kappa shape index (κ3) is 8.12. The second kappa shape index (κ2) is 9.16.